The molecule has 0 aliphatic carbocycles. The number of aliphatic imine (C=N–C) groups is 1. The van der Waals surface area contributed by atoms with Crippen molar-refractivity contribution in [1.29, 1.82) is 0 Å². The van der Waals surface area contributed by atoms with E-state index in [4.69, 9.17) is 17.3 Å². The number of nitrogens with two attached hydrogens (primary N) is 1. The number of rotatable bonds is 6. The predicted octanol–water partition coefficient (Wildman–Crippen LogP) is 4.38. The molecule has 3 N–H and O–H groups in total. The van der Waals surface area contributed by atoms with E-state index in [0.717, 1.165) is 30.8 Å². The lowest BCUT2D eigenvalue weighted by Crippen LogP contribution is -2.29. The van der Waals surface area contributed by atoms with Crippen molar-refractivity contribution in [2.75, 3.05) is 13.1 Å². The number of hydrogen-bond donors (Lipinski definition) is 2. The Kier molecular flexibility index (Phi) is 6.72. The molecule has 0 bridgehead atoms. The summed E-state index contributed by atoms with van der Waals surface area (Å²) in [5.41, 5.74) is 9.04. The third-order valence-electron chi connectivity index (χ3n) is 5.89. The minimum absolute atomic E-state index is 0.201. The van der Waals surface area contributed by atoms with Crippen LogP contribution in [0.2, 0.25) is 5.02 Å². The van der Waals surface area contributed by atoms with Gasteiger partial charge in [-0.25, -0.2) is 4.79 Å². The highest BCUT2D eigenvalue weighted by Gasteiger charge is 2.16. The molecule has 1 saturated heterocycles. The van der Waals surface area contributed by atoms with Gasteiger partial charge in [0.05, 0.1) is 23.1 Å². The highest BCUT2D eigenvalue weighted by atomic mass is 35.5. The lowest BCUT2D eigenvalue weighted by atomic mass is 9.95. The number of hydrogen-bond acceptors (Lipinski definition) is 4. The second-order valence-electron chi connectivity index (χ2n) is 9.61. The van der Waals surface area contributed by atoms with Gasteiger partial charge < -0.3 is 5.73 Å². The zero-order valence-electron chi connectivity index (χ0n) is 19.4. The zero-order valence-corrected chi connectivity index (χ0v) is 20.2. The Morgan fingerprint density at radius 2 is 1.79 bits per heavy atom. The number of nitrogens with zero attached hydrogens (tertiary/aromatic N) is 4. The van der Waals surface area contributed by atoms with Gasteiger partial charge in [-0.05, 0) is 49.2 Å². The normalized spacial score (nSPS) is 15.3. The van der Waals surface area contributed by atoms with Crippen LogP contribution in [0.25, 0.3) is 17.1 Å². The molecule has 2 aromatic carbocycles. The number of benzene rings is 2. The molecule has 4 rings (SSSR count). The summed E-state index contributed by atoms with van der Waals surface area (Å²) in [6, 6.07) is 13.6. The lowest BCUT2D eigenvalue weighted by Gasteiger charge is -2.17. The van der Waals surface area contributed by atoms with Crippen LogP contribution < -0.4 is 11.4 Å². The Morgan fingerprint density at radius 1 is 1.12 bits per heavy atom. The second kappa shape index (κ2) is 9.53. The van der Waals surface area contributed by atoms with E-state index >= 15 is 0 Å². The molecule has 3 aromatic rings. The third kappa shape index (κ3) is 5.54. The van der Waals surface area contributed by atoms with Gasteiger partial charge in [-0.3, -0.25) is 14.9 Å². The molecule has 174 valence electrons. The highest BCUT2D eigenvalue weighted by Crippen LogP contribution is 2.23. The summed E-state index contributed by atoms with van der Waals surface area (Å²) in [7, 11) is 0. The molecule has 0 radical (unpaired) electrons. The summed E-state index contributed by atoms with van der Waals surface area (Å²) >= 11 is 6.42. The van der Waals surface area contributed by atoms with E-state index in [-0.39, 0.29) is 11.1 Å². The van der Waals surface area contributed by atoms with Crippen molar-refractivity contribution in [2.24, 2.45) is 16.1 Å². The maximum atomic E-state index is 12.7. The quantitative estimate of drug-likeness (QED) is 0.416. The maximum absolute atomic E-state index is 12.7. The number of H-pyrrole nitrogens is 1. The largest absolute Gasteiger partial charge is 0.387 e. The molecule has 1 fully saturated rings. The van der Waals surface area contributed by atoms with E-state index in [9.17, 15) is 4.79 Å². The van der Waals surface area contributed by atoms with Gasteiger partial charge in [-0.15, -0.1) is 5.10 Å². The summed E-state index contributed by atoms with van der Waals surface area (Å²) in [6.07, 6.45) is 2.55. The van der Waals surface area contributed by atoms with Gasteiger partial charge in [-0.2, -0.15) is 4.68 Å². The number of amidine groups is 1. The van der Waals surface area contributed by atoms with Crippen LogP contribution in [0.5, 0.6) is 0 Å². The maximum Gasteiger partial charge on any atom is 0.348 e. The van der Waals surface area contributed by atoms with Crippen molar-refractivity contribution in [3.8, 4) is 17.1 Å². The molecular weight excluding hydrogens is 436 g/mol. The average molecular weight is 467 g/mol. The van der Waals surface area contributed by atoms with Crippen molar-refractivity contribution in [1.82, 2.24) is 19.7 Å². The first-order valence-corrected chi connectivity index (χ1v) is 11.7. The molecule has 1 aliphatic rings. The van der Waals surface area contributed by atoms with Gasteiger partial charge in [0.2, 0.25) is 0 Å². The predicted molar refractivity (Wildman–Crippen MR) is 134 cm³/mol. The van der Waals surface area contributed by atoms with Crippen LogP contribution in [0.3, 0.4) is 0 Å². The third-order valence-corrected chi connectivity index (χ3v) is 6.21. The fourth-order valence-corrected chi connectivity index (χ4v) is 4.01. The monoisotopic (exact) mass is 466 g/mol. The number of aromatic nitrogens is 3. The molecule has 7 nitrogen and oxygen atoms in total. The summed E-state index contributed by atoms with van der Waals surface area (Å²) < 4.78 is 1.30. The molecule has 1 aliphatic heterocycles. The molecule has 8 heteroatoms. The van der Waals surface area contributed by atoms with E-state index in [2.05, 4.69) is 32.1 Å². The first kappa shape index (κ1) is 23.3. The number of aromatic amines is 1. The van der Waals surface area contributed by atoms with Crippen LogP contribution in [0.15, 0.2) is 52.3 Å². The molecule has 0 unspecified atom stereocenters. The fourth-order valence-electron chi connectivity index (χ4n) is 3.82. The first-order valence-electron chi connectivity index (χ1n) is 11.3. The van der Waals surface area contributed by atoms with Crippen LogP contribution in [-0.4, -0.2) is 38.6 Å². The average Bonchev–Trinajstić information content (AvgIpc) is 3.42. The Balaban J connectivity index is 1.56. The Labute approximate surface area is 199 Å². The van der Waals surface area contributed by atoms with E-state index in [1.807, 2.05) is 45.0 Å². The van der Waals surface area contributed by atoms with Gasteiger partial charge in [0.15, 0.2) is 5.82 Å². The van der Waals surface area contributed by atoms with Gasteiger partial charge in [-0.1, -0.05) is 62.7 Å². The van der Waals surface area contributed by atoms with Gasteiger partial charge in [0.25, 0.3) is 0 Å². The van der Waals surface area contributed by atoms with Crippen molar-refractivity contribution in [3.05, 3.63) is 69.1 Å². The number of nitrogens with one attached hydrogen (secondary N) is 1. The standard InChI is InChI=1S/C25H31ClN6O/c1-25(2,3)23(27)28-15-18-8-11-20(26)21(14-18)32-24(33)29-22(30-32)19-9-6-17(7-10-19)16-31-12-4-5-13-31/h6-11,14H,4-5,12-13,15-16H2,1-3H3,(H2,27,28)(H,29,30,33). The van der Waals surface area contributed by atoms with Crippen molar-refractivity contribution >= 4 is 17.4 Å². The first-order chi connectivity index (χ1) is 15.7. The topological polar surface area (TPSA) is 92.3 Å². The Morgan fingerprint density at radius 3 is 2.45 bits per heavy atom. The van der Waals surface area contributed by atoms with Gasteiger partial charge >= 0.3 is 5.69 Å². The highest BCUT2D eigenvalue weighted by molar-refractivity contribution is 6.32. The van der Waals surface area contributed by atoms with Crippen molar-refractivity contribution < 1.29 is 0 Å². The van der Waals surface area contributed by atoms with E-state index < -0.39 is 0 Å². The smallest absolute Gasteiger partial charge is 0.348 e. The fraction of sp³-hybridized carbons (Fsp3) is 0.400. The number of likely N-dealkylation sites (tertiary alicyclic amines) is 1. The minimum atomic E-state index is -0.345. The molecular formula is C25H31ClN6O. The van der Waals surface area contributed by atoms with E-state index in [0.29, 0.717) is 28.9 Å². The Hall–Kier alpha value is -2.90. The van der Waals surface area contributed by atoms with Crippen LogP contribution in [0.4, 0.5) is 0 Å². The summed E-state index contributed by atoms with van der Waals surface area (Å²) in [5.74, 6) is 1.08. The lowest BCUT2D eigenvalue weighted by molar-refractivity contribution is 0.331. The molecule has 1 aromatic heterocycles. The molecule has 2 heterocycles. The minimum Gasteiger partial charge on any atom is -0.387 e. The SMILES string of the molecule is CC(C)(C)C(N)=NCc1ccc(Cl)c(-n2nc(-c3ccc(CN4CCCC4)cc3)[nH]c2=O)c1. The van der Waals surface area contributed by atoms with Gasteiger partial charge in [0, 0.05) is 17.5 Å². The summed E-state index contributed by atoms with van der Waals surface area (Å²) in [4.78, 5) is 22.5. The van der Waals surface area contributed by atoms with E-state index in [1.54, 1.807) is 6.07 Å². The zero-order chi connectivity index (χ0) is 23.6. The molecule has 0 amide bonds. The summed E-state index contributed by atoms with van der Waals surface area (Å²) in [6.45, 7) is 9.73. The summed E-state index contributed by atoms with van der Waals surface area (Å²) in [5, 5.41) is 4.95. The van der Waals surface area contributed by atoms with Crippen molar-refractivity contribution in [2.45, 2.75) is 46.7 Å². The molecule has 0 spiro atoms. The van der Waals surface area contributed by atoms with Crippen LogP contribution in [-0.2, 0) is 13.1 Å². The molecule has 0 saturated carbocycles. The molecule has 0 atom stereocenters. The second-order valence-corrected chi connectivity index (χ2v) is 10.0. The van der Waals surface area contributed by atoms with E-state index in [1.165, 1.54) is 23.1 Å². The van der Waals surface area contributed by atoms with Crippen LogP contribution in [0, 0.1) is 5.41 Å². The van der Waals surface area contributed by atoms with Crippen LogP contribution in [0.1, 0.15) is 44.7 Å². The van der Waals surface area contributed by atoms with Gasteiger partial charge in [0.1, 0.15) is 0 Å². The van der Waals surface area contributed by atoms with Crippen LogP contribution >= 0.6 is 11.6 Å². The Bertz CT molecular complexity index is 1200. The molecule has 33 heavy (non-hydrogen) atoms. The van der Waals surface area contributed by atoms with Crippen molar-refractivity contribution in [3.63, 3.8) is 0 Å². The number of halogens is 1.